The molecule has 0 aromatic heterocycles. The lowest BCUT2D eigenvalue weighted by molar-refractivity contribution is 0.0600. The molecule has 6 nitrogen and oxygen atoms in total. The molecule has 0 aliphatic rings. The second-order valence-electron chi connectivity index (χ2n) is 4.31. The van der Waals surface area contributed by atoms with Crippen molar-refractivity contribution in [2.75, 3.05) is 7.11 Å². The van der Waals surface area contributed by atoms with Gasteiger partial charge in [-0.3, -0.25) is 0 Å². The SMILES string of the molecule is COC(=O)c1cccc(S(=O)(=O)Oc2ccc(C#N)cc2Cl)c1. The minimum absolute atomic E-state index is 0.0169. The van der Waals surface area contributed by atoms with E-state index in [0.717, 1.165) is 6.07 Å². The van der Waals surface area contributed by atoms with Crippen LogP contribution >= 0.6 is 11.6 Å². The molecule has 23 heavy (non-hydrogen) atoms. The summed E-state index contributed by atoms with van der Waals surface area (Å²) in [5.74, 6) is -0.785. The van der Waals surface area contributed by atoms with Gasteiger partial charge in [0, 0.05) is 0 Å². The predicted molar refractivity (Wildman–Crippen MR) is 81.8 cm³/mol. The average molecular weight is 352 g/mol. The van der Waals surface area contributed by atoms with Crippen molar-refractivity contribution in [2.24, 2.45) is 0 Å². The number of benzene rings is 2. The van der Waals surface area contributed by atoms with Crippen molar-refractivity contribution in [3.05, 3.63) is 58.6 Å². The van der Waals surface area contributed by atoms with E-state index in [1.807, 2.05) is 6.07 Å². The monoisotopic (exact) mass is 351 g/mol. The van der Waals surface area contributed by atoms with Gasteiger partial charge in [0.15, 0.2) is 5.75 Å². The molecule has 2 aromatic carbocycles. The normalized spacial score (nSPS) is 10.7. The van der Waals surface area contributed by atoms with E-state index >= 15 is 0 Å². The van der Waals surface area contributed by atoms with Gasteiger partial charge >= 0.3 is 16.1 Å². The Labute approximate surface area is 138 Å². The Morgan fingerprint density at radius 3 is 2.57 bits per heavy atom. The summed E-state index contributed by atoms with van der Waals surface area (Å²) in [7, 11) is -3.00. The molecule has 0 bridgehead atoms. The fraction of sp³-hybridized carbons (Fsp3) is 0.0667. The van der Waals surface area contributed by atoms with Crippen LogP contribution in [0.5, 0.6) is 5.75 Å². The fourth-order valence-corrected chi connectivity index (χ4v) is 2.96. The molecular formula is C15H10ClNO5S. The number of methoxy groups -OCH3 is 1. The first kappa shape index (κ1) is 16.8. The highest BCUT2D eigenvalue weighted by atomic mass is 35.5. The van der Waals surface area contributed by atoms with Crippen molar-refractivity contribution in [3.8, 4) is 11.8 Å². The highest BCUT2D eigenvalue weighted by Gasteiger charge is 2.20. The number of carbonyl (C=O) groups is 1. The summed E-state index contributed by atoms with van der Waals surface area (Å²) in [5, 5.41) is 8.74. The molecule has 0 radical (unpaired) electrons. The Morgan fingerprint density at radius 1 is 1.22 bits per heavy atom. The predicted octanol–water partition coefficient (Wildman–Crippen LogP) is 2.77. The van der Waals surface area contributed by atoms with Gasteiger partial charge in [-0.25, -0.2) is 4.79 Å². The van der Waals surface area contributed by atoms with Crippen LogP contribution in [0.4, 0.5) is 0 Å². The van der Waals surface area contributed by atoms with Crippen molar-refractivity contribution >= 4 is 27.7 Å². The van der Waals surface area contributed by atoms with Crippen LogP contribution in [0.25, 0.3) is 0 Å². The molecule has 0 unspecified atom stereocenters. The van der Waals surface area contributed by atoms with E-state index in [-0.39, 0.29) is 26.8 Å². The molecule has 118 valence electrons. The average Bonchev–Trinajstić information content (AvgIpc) is 2.56. The molecule has 0 saturated heterocycles. The highest BCUT2D eigenvalue weighted by Crippen LogP contribution is 2.28. The van der Waals surface area contributed by atoms with Gasteiger partial charge in [-0.05, 0) is 36.4 Å². The lowest BCUT2D eigenvalue weighted by atomic mass is 10.2. The second kappa shape index (κ2) is 6.69. The number of nitriles is 1. The maximum atomic E-state index is 12.3. The van der Waals surface area contributed by atoms with E-state index < -0.39 is 16.1 Å². The van der Waals surface area contributed by atoms with Crippen molar-refractivity contribution in [3.63, 3.8) is 0 Å². The maximum absolute atomic E-state index is 12.3. The van der Waals surface area contributed by atoms with E-state index in [4.69, 9.17) is 21.0 Å². The van der Waals surface area contributed by atoms with Gasteiger partial charge in [-0.15, -0.1) is 0 Å². The first-order valence-corrected chi connectivity index (χ1v) is 7.98. The molecule has 0 N–H and O–H groups in total. The molecule has 0 heterocycles. The van der Waals surface area contributed by atoms with Gasteiger partial charge < -0.3 is 8.92 Å². The van der Waals surface area contributed by atoms with E-state index in [1.165, 1.54) is 43.5 Å². The van der Waals surface area contributed by atoms with Crippen LogP contribution in [0.3, 0.4) is 0 Å². The Hall–Kier alpha value is -2.56. The molecule has 2 aromatic rings. The van der Waals surface area contributed by atoms with Crippen LogP contribution < -0.4 is 4.18 Å². The van der Waals surface area contributed by atoms with E-state index in [1.54, 1.807) is 0 Å². The zero-order valence-electron chi connectivity index (χ0n) is 11.8. The molecule has 0 amide bonds. The van der Waals surface area contributed by atoms with Gasteiger partial charge in [0.05, 0.1) is 29.3 Å². The summed E-state index contributed by atoms with van der Waals surface area (Å²) >= 11 is 5.89. The summed E-state index contributed by atoms with van der Waals surface area (Å²) in [6, 6.07) is 11.0. The number of hydrogen-bond donors (Lipinski definition) is 0. The van der Waals surface area contributed by atoms with Gasteiger partial charge in [0.1, 0.15) is 4.90 Å². The van der Waals surface area contributed by atoms with Crippen molar-refractivity contribution in [1.82, 2.24) is 0 Å². The summed E-state index contributed by atoms with van der Waals surface area (Å²) in [4.78, 5) is 11.2. The van der Waals surface area contributed by atoms with Gasteiger partial charge in [0.2, 0.25) is 0 Å². The third-order valence-electron chi connectivity index (χ3n) is 2.80. The van der Waals surface area contributed by atoms with Crippen LogP contribution in [-0.2, 0) is 14.9 Å². The van der Waals surface area contributed by atoms with Crippen LogP contribution in [-0.4, -0.2) is 21.5 Å². The first-order chi connectivity index (χ1) is 10.9. The van der Waals surface area contributed by atoms with Gasteiger partial charge in [-0.2, -0.15) is 13.7 Å². The number of nitrogens with zero attached hydrogens (tertiary/aromatic N) is 1. The molecule has 2 rings (SSSR count). The smallest absolute Gasteiger partial charge is 0.339 e. The Kier molecular flexibility index (Phi) is 4.89. The van der Waals surface area contributed by atoms with Crippen LogP contribution in [0.2, 0.25) is 5.02 Å². The van der Waals surface area contributed by atoms with Crippen molar-refractivity contribution < 1.29 is 22.1 Å². The van der Waals surface area contributed by atoms with Crippen LogP contribution in [0, 0.1) is 11.3 Å². The number of ether oxygens (including phenoxy) is 1. The number of carbonyl (C=O) groups excluding carboxylic acids is 1. The Morgan fingerprint density at radius 2 is 1.96 bits per heavy atom. The van der Waals surface area contributed by atoms with Crippen molar-refractivity contribution in [1.29, 1.82) is 5.26 Å². The zero-order chi connectivity index (χ0) is 17.0. The van der Waals surface area contributed by atoms with E-state index in [9.17, 15) is 13.2 Å². The summed E-state index contributed by atoms with van der Waals surface area (Å²) in [6.07, 6.45) is 0. The minimum atomic E-state index is -4.19. The fourth-order valence-electron chi connectivity index (χ4n) is 1.70. The lowest BCUT2D eigenvalue weighted by Crippen LogP contribution is -2.11. The van der Waals surface area contributed by atoms with Gasteiger partial charge in [-0.1, -0.05) is 17.7 Å². The quantitative estimate of drug-likeness (QED) is 0.621. The zero-order valence-corrected chi connectivity index (χ0v) is 13.4. The largest absolute Gasteiger partial charge is 0.465 e. The lowest BCUT2D eigenvalue weighted by Gasteiger charge is -2.09. The van der Waals surface area contributed by atoms with Crippen molar-refractivity contribution in [2.45, 2.75) is 4.90 Å². The minimum Gasteiger partial charge on any atom is -0.465 e. The van der Waals surface area contributed by atoms with Crippen LogP contribution in [0.15, 0.2) is 47.4 Å². The van der Waals surface area contributed by atoms with Crippen LogP contribution in [0.1, 0.15) is 15.9 Å². The third-order valence-corrected chi connectivity index (χ3v) is 4.33. The molecule has 0 aliphatic heterocycles. The van der Waals surface area contributed by atoms with E-state index in [0.29, 0.717) is 0 Å². The maximum Gasteiger partial charge on any atom is 0.339 e. The summed E-state index contributed by atoms with van der Waals surface area (Å²) in [5.41, 5.74) is 0.343. The molecule has 0 spiro atoms. The van der Waals surface area contributed by atoms with Gasteiger partial charge in [0.25, 0.3) is 0 Å². The number of hydrogen-bond acceptors (Lipinski definition) is 6. The summed E-state index contributed by atoms with van der Waals surface area (Å²) in [6.45, 7) is 0. The van der Waals surface area contributed by atoms with E-state index in [2.05, 4.69) is 4.74 Å². The number of halogens is 1. The number of esters is 1. The first-order valence-electron chi connectivity index (χ1n) is 6.20. The molecule has 0 aliphatic carbocycles. The second-order valence-corrected chi connectivity index (χ2v) is 6.27. The molecule has 0 saturated carbocycles. The molecule has 0 atom stereocenters. The Balaban J connectivity index is 2.36. The Bertz CT molecular complexity index is 902. The standard InChI is InChI=1S/C15H10ClNO5S/c1-21-15(18)11-3-2-4-12(8-11)23(19,20)22-14-6-5-10(9-17)7-13(14)16/h2-8H,1H3. The highest BCUT2D eigenvalue weighted by molar-refractivity contribution is 7.87. The third kappa shape index (κ3) is 3.80. The molecule has 8 heteroatoms. The molecule has 0 fully saturated rings. The summed E-state index contributed by atoms with van der Waals surface area (Å²) < 4.78 is 34.1. The number of rotatable bonds is 4. The topological polar surface area (TPSA) is 93.5 Å². The molecular weight excluding hydrogens is 342 g/mol.